The van der Waals surface area contributed by atoms with E-state index in [1.165, 1.54) is 19.3 Å². The van der Waals surface area contributed by atoms with Gasteiger partial charge in [0.15, 0.2) is 0 Å². The summed E-state index contributed by atoms with van der Waals surface area (Å²) < 4.78 is 0. The Balaban J connectivity index is 1.65. The molecule has 108 valence electrons. The number of amides is 1. The Bertz CT molecular complexity index is 484. The van der Waals surface area contributed by atoms with E-state index in [1.54, 1.807) is 0 Å². The Morgan fingerprint density at radius 3 is 2.85 bits per heavy atom. The third-order valence-corrected chi connectivity index (χ3v) is 4.35. The van der Waals surface area contributed by atoms with Crippen LogP contribution in [0.4, 0.5) is 5.69 Å². The van der Waals surface area contributed by atoms with Gasteiger partial charge in [-0.3, -0.25) is 4.79 Å². The molecule has 4 heteroatoms. The fraction of sp³-hybridized carbons (Fsp3) is 0.562. The van der Waals surface area contributed by atoms with Crippen LogP contribution in [0.25, 0.3) is 0 Å². The molecule has 2 unspecified atom stereocenters. The summed E-state index contributed by atoms with van der Waals surface area (Å²) in [5.41, 5.74) is 7.58. The lowest BCUT2D eigenvalue weighted by molar-refractivity contribution is 0.0951. The number of anilines is 1. The van der Waals surface area contributed by atoms with E-state index < -0.39 is 0 Å². The number of carbonyl (C=O) groups excluding carboxylic acids is 1. The van der Waals surface area contributed by atoms with Gasteiger partial charge < -0.3 is 16.4 Å². The highest BCUT2D eigenvalue weighted by molar-refractivity contribution is 5.95. The van der Waals surface area contributed by atoms with Gasteiger partial charge in [0.25, 0.3) is 5.91 Å². The molecule has 4 nitrogen and oxygen atoms in total. The van der Waals surface area contributed by atoms with Crippen LogP contribution in [0.15, 0.2) is 24.3 Å². The topological polar surface area (TPSA) is 67.1 Å². The molecule has 0 saturated heterocycles. The Kier molecular flexibility index (Phi) is 3.92. The summed E-state index contributed by atoms with van der Waals surface area (Å²) in [5, 5.41) is 6.57. The Hall–Kier alpha value is -1.55. The molecule has 0 bridgehead atoms. The maximum absolute atomic E-state index is 12.0. The number of carbonyl (C=O) groups is 1. The molecular weight excluding hydrogens is 250 g/mol. The first kappa shape index (κ1) is 13.4. The summed E-state index contributed by atoms with van der Waals surface area (Å²) in [4.78, 5) is 12.0. The predicted molar refractivity (Wildman–Crippen MR) is 80.7 cm³/mol. The Labute approximate surface area is 120 Å². The standard InChI is InChI=1S/C16H23N3O/c17-10-12-4-2-6-15(12)18-14-5-1-3-11(9-14)16(20)19-13-7-8-13/h1,3,5,9,12-13,15,18H,2,4,6-8,10,17H2,(H,19,20). The predicted octanol–water partition coefficient (Wildman–Crippen LogP) is 2.12. The van der Waals surface area contributed by atoms with E-state index in [-0.39, 0.29) is 5.91 Å². The summed E-state index contributed by atoms with van der Waals surface area (Å²) >= 11 is 0. The normalized spacial score (nSPS) is 25.4. The van der Waals surface area contributed by atoms with Crippen molar-refractivity contribution >= 4 is 11.6 Å². The zero-order chi connectivity index (χ0) is 13.9. The molecule has 0 aliphatic heterocycles. The minimum Gasteiger partial charge on any atom is -0.382 e. The molecule has 1 aromatic rings. The van der Waals surface area contributed by atoms with Crippen LogP contribution < -0.4 is 16.4 Å². The first-order chi connectivity index (χ1) is 9.76. The van der Waals surface area contributed by atoms with Gasteiger partial charge in [0.1, 0.15) is 0 Å². The van der Waals surface area contributed by atoms with Gasteiger partial charge in [0.05, 0.1) is 0 Å². The van der Waals surface area contributed by atoms with E-state index in [9.17, 15) is 4.79 Å². The van der Waals surface area contributed by atoms with Crippen molar-refractivity contribution in [3.63, 3.8) is 0 Å². The summed E-state index contributed by atoms with van der Waals surface area (Å²) in [6.45, 7) is 0.736. The quantitative estimate of drug-likeness (QED) is 0.770. The van der Waals surface area contributed by atoms with Crippen molar-refractivity contribution in [2.24, 2.45) is 11.7 Å². The van der Waals surface area contributed by atoms with Gasteiger partial charge in [-0.25, -0.2) is 0 Å². The van der Waals surface area contributed by atoms with Crippen molar-refractivity contribution in [3.05, 3.63) is 29.8 Å². The maximum Gasteiger partial charge on any atom is 0.251 e. The minimum absolute atomic E-state index is 0.0398. The summed E-state index contributed by atoms with van der Waals surface area (Å²) in [6.07, 6.45) is 5.84. The molecular formula is C16H23N3O. The SMILES string of the molecule is NCC1CCCC1Nc1cccc(C(=O)NC2CC2)c1. The van der Waals surface area contributed by atoms with Crippen LogP contribution >= 0.6 is 0 Å². The van der Waals surface area contributed by atoms with Gasteiger partial charge in [-0.05, 0) is 56.3 Å². The molecule has 0 spiro atoms. The second-order valence-corrected chi connectivity index (χ2v) is 6.01. The van der Waals surface area contributed by atoms with Crippen molar-refractivity contribution in [1.29, 1.82) is 0 Å². The Morgan fingerprint density at radius 1 is 1.25 bits per heavy atom. The summed E-state index contributed by atoms with van der Waals surface area (Å²) in [5.74, 6) is 0.594. The van der Waals surface area contributed by atoms with Crippen LogP contribution in [-0.4, -0.2) is 24.5 Å². The lowest BCUT2D eigenvalue weighted by Crippen LogP contribution is -2.29. The number of hydrogen-bond acceptors (Lipinski definition) is 3. The van der Waals surface area contributed by atoms with E-state index in [0.29, 0.717) is 18.0 Å². The highest BCUT2D eigenvalue weighted by atomic mass is 16.1. The first-order valence-electron chi connectivity index (χ1n) is 7.64. The average Bonchev–Trinajstić information content (AvgIpc) is 3.16. The fourth-order valence-corrected chi connectivity index (χ4v) is 2.97. The zero-order valence-electron chi connectivity index (χ0n) is 11.8. The van der Waals surface area contributed by atoms with Gasteiger partial charge in [-0.2, -0.15) is 0 Å². The van der Waals surface area contributed by atoms with E-state index >= 15 is 0 Å². The van der Waals surface area contributed by atoms with E-state index in [2.05, 4.69) is 10.6 Å². The van der Waals surface area contributed by atoms with E-state index in [0.717, 1.165) is 30.6 Å². The third kappa shape index (κ3) is 3.12. The minimum atomic E-state index is 0.0398. The molecule has 1 amide bonds. The summed E-state index contributed by atoms with van der Waals surface area (Å²) in [6, 6.07) is 8.63. The molecule has 2 aliphatic carbocycles. The monoisotopic (exact) mass is 273 g/mol. The average molecular weight is 273 g/mol. The van der Waals surface area contributed by atoms with Crippen molar-refractivity contribution < 1.29 is 4.79 Å². The molecule has 2 fully saturated rings. The van der Waals surface area contributed by atoms with Crippen molar-refractivity contribution in [2.45, 2.75) is 44.2 Å². The molecule has 1 aromatic carbocycles. The second kappa shape index (κ2) is 5.83. The number of hydrogen-bond donors (Lipinski definition) is 3. The zero-order valence-corrected chi connectivity index (χ0v) is 11.8. The molecule has 0 radical (unpaired) electrons. The smallest absolute Gasteiger partial charge is 0.251 e. The van der Waals surface area contributed by atoms with E-state index in [1.807, 2.05) is 24.3 Å². The van der Waals surface area contributed by atoms with Gasteiger partial charge in [-0.1, -0.05) is 12.5 Å². The summed E-state index contributed by atoms with van der Waals surface area (Å²) in [7, 11) is 0. The van der Waals surface area contributed by atoms with Crippen LogP contribution in [0.2, 0.25) is 0 Å². The molecule has 4 N–H and O–H groups in total. The maximum atomic E-state index is 12.0. The molecule has 0 heterocycles. The van der Waals surface area contributed by atoms with Crippen molar-refractivity contribution in [2.75, 3.05) is 11.9 Å². The second-order valence-electron chi connectivity index (χ2n) is 6.01. The van der Waals surface area contributed by atoms with Crippen LogP contribution in [0.1, 0.15) is 42.5 Å². The van der Waals surface area contributed by atoms with Gasteiger partial charge in [0.2, 0.25) is 0 Å². The first-order valence-corrected chi connectivity index (χ1v) is 7.64. The van der Waals surface area contributed by atoms with Gasteiger partial charge in [-0.15, -0.1) is 0 Å². The van der Waals surface area contributed by atoms with Crippen LogP contribution in [0.3, 0.4) is 0 Å². The molecule has 2 saturated carbocycles. The van der Waals surface area contributed by atoms with Crippen molar-refractivity contribution in [1.82, 2.24) is 5.32 Å². The highest BCUT2D eigenvalue weighted by Crippen LogP contribution is 2.28. The molecule has 20 heavy (non-hydrogen) atoms. The van der Waals surface area contributed by atoms with Crippen LogP contribution in [0.5, 0.6) is 0 Å². The van der Waals surface area contributed by atoms with Gasteiger partial charge in [0, 0.05) is 23.3 Å². The van der Waals surface area contributed by atoms with Crippen LogP contribution in [0, 0.1) is 5.92 Å². The molecule has 3 rings (SSSR count). The number of benzene rings is 1. The number of nitrogens with one attached hydrogen (secondary N) is 2. The highest BCUT2D eigenvalue weighted by Gasteiger charge is 2.26. The number of nitrogens with two attached hydrogens (primary N) is 1. The number of rotatable bonds is 5. The molecule has 2 aliphatic rings. The van der Waals surface area contributed by atoms with Crippen LogP contribution in [-0.2, 0) is 0 Å². The largest absolute Gasteiger partial charge is 0.382 e. The molecule has 0 aromatic heterocycles. The lowest BCUT2D eigenvalue weighted by Gasteiger charge is -2.21. The fourth-order valence-electron chi connectivity index (χ4n) is 2.97. The lowest BCUT2D eigenvalue weighted by atomic mass is 10.0. The van der Waals surface area contributed by atoms with E-state index in [4.69, 9.17) is 5.73 Å². The third-order valence-electron chi connectivity index (χ3n) is 4.35. The molecule has 2 atom stereocenters. The van der Waals surface area contributed by atoms with Crippen molar-refractivity contribution in [3.8, 4) is 0 Å². The van der Waals surface area contributed by atoms with Gasteiger partial charge >= 0.3 is 0 Å². The Morgan fingerprint density at radius 2 is 2.10 bits per heavy atom.